The molecule has 0 saturated carbocycles. The third kappa shape index (κ3) is 4.34. The number of piperidine rings is 1. The molecule has 1 fully saturated rings. The molecule has 4 heterocycles. The van der Waals surface area contributed by atoms with Crippen molar-refractivity contribution in [3.05, 3.63) is 64.7 Å². The molecule has 4 nitrogen and oxygen atoms in total. The molecule has 0 aromatic carbocycles. The zero-order valence-corrected chi connectivity index (χ0v) is 15.7. The van der Waals surface area contributed by atoms with E-state index in [4.69, 9.17) is 0 Å². The maximum atomic E-state index is 4.53. The van der Waals surface area contributed by atoms with E-state index < -0.39 is 0 Å². The Kier molecular flexibility index (Phi) is 5.67. The lowest BCUT2D eigenvalue weighted by molar-refractivity contribution is 0.132. The van der Waals surface area contributed by atoms with Crippen LogP contribution in [0.3, 0.4) is 0 Å². The van der Waals surface area contributed by atoms with Crippen molar-refractivity contribution in [2.75, 3.05) is 6.54 Å². The van der Waals surface area contributed by atoms with Crippen LogP contribution in [0, 0.1) is 0 Å². The standard InChI is InChI=1S/C21H24N4S/c1-3-11-22-20(8-1)21-23-14-17(15-24-21)16-25-12-4-2-6-18(25)9-10-19-7-5-13-26-19/h1,3,5,7-8,11,13-15,18H,2,4,6,9-10,12,16H2. The predicted molar refractivity (Wildman–Crippen MR) is 106 cm³/mol. The first kappa shape index (κ1) is 17.3. The molecule has 134 valence electrons. The number of aromatic nitrogens is 3. The lowest BCUT2D eigenvalue weighted by Gasteiger charge is -2.35. The Hall–Kier alpha value is -2.11. The lowest BCUT2D eigenvalue weighted by atomic mass is 9.97. The minimum atomic E-state index is 0.668. The summed E-state index contributed by atoms with van der Waals surface area (Å²) >= 11 is 1.87. The van der Waals surface area contributed by atoms with Gasteiger partial charge in [0.1, 0.15) is 5.69 Å². The molecule has 0 spiro atoms. The van der Waals surface area contributed by atoms with Crippen LogP contribution in [0.2, 0.25) is 0 Å². The summed E-state index contributed by atoms with van der Waals surface area (Å²) in [6, 6.07) is 10.9. The molecule has 4 rings (SSSR count). The fourth-order valence-corrected chi connectivity index (χ4v) is 4.38. The van der Waals surface area contributed by atoms with Gasteiger partial charge in [-0.15, -0.1) is 11.3 Å². The number of rotatable bonds is 6. The highest BCUT2D eigenvalue weighted by Crippen LogP contribution is 2.24. The van der Waals surface area contributed by atoms with Gasteiger partial charge in [0.15, 0.2) is 5.82 Å². The van der Waals surface area contributed by atoms with E-state index >= 15 is 0 Å². The topological polar surface area (TPSA) is 41.9 Å². The van der Waals surface area contributed by atoms with Crippen molar-refractivity contribution in [1.29, 1.82) is 0 Å². The van der Waals surface area contributed by atoms with E-state index in [2.05, 4.69) is 37.4 Å². The second-order valence-electron chi connectivity index (χ2n) is 6.87. The third-order valence-electron chi connectivity index (χ3n) is 5.04. The van der Waals surface area contributed by atoms with Gasteiger partial charge in [-0.1, -0.05) is 18.6 Å². The highest BCUT2D eigenvalue weighted by atomic mass is 32.1. The van der Waals surface area contributed by atoms with Crippen molar-refractivity contribution >= 4 is 11.3 Å². The molecule has 3 aromatic rings. The number of hydrogen-bond acceptors (Lipinski definition) is 5. The quantitative estimate of drug-likeness (QED) is 0.642. The number of thiophene rings is 1. The summed E-state index contributed by atoms with van der Waals surface area (Å²) in [5.74, 6) is 0.697. The molecule has 1 aliphatic rings. The van der Waals surface area contributed by atoms with Gasteiger partial charge in [0.25, 0.3) is 0 Å². The summed E-state index contributed by atoms with van der Waals surface area (Å²) in [6.45, 7) is 2.12. The van der Waals surface area contributed by atoms with E-state index in [9.17, 15) is 0 Å². The molecule has 0 N–H and O–H groups in total. The zero-order chi connectivity index (χ0) is 17.6. The second kappa shape index (κ2) is 8.52. The molecule has 1 unspecified atom stereocenters. The normalized spacial score (nSPS) is 18.1. The van der Waals surface area contributed by atoms with Crippen LogP contribution in [0.5, 0.6) is 0 Å². The summed E-state index contributed by atoms with van der Waals surface area (Å²) in [5, 5.41) is 2.18. The summed E-state index contributed by atoms with van der Waals surface area (Å²) in [7, 11) is 0. The number of aryl methyl sites for hydroxylation is 1. The van der Waals surface area contributed by atoms with Gasteiger partial charge in [0.05, 0.1) is 0 Å². The lowest BCUT2D eigenvalue weighted by Crippen LogP contribution is -2.39. The molecule has 1 atom stereocenters. The van der Waals surface area contributed by atoms with Crippen LogP contribution < -0.4 is 0 Å². The minimum absolute atomic E-state index is 0.668. The number of pyridine rings is 1. The molecular formula is C21H24N4S. The first-order valence-electron chi connectivity index (χ1n) is 9.37. The van der Waals surface area contributed by atoms with Crippen molar-refractivity contribution < 1.29 is 0 Å². The van der Waals surface area contributed by atoms with Crippen molar-refractivity contribution in [3.63, 3.8) is 0 Å². The Morgan fingerprint density at radius 2 is 1.96 bits per heavy atom. The molecule has 26 heavy (non-hydrogen) atoms. The van der Waals surface area contributed by atoms with E-state index in [1.165, 1.54) is 49.1 Å². The summed E-state index contributed by atoms with van der Waals surface area (Å²) < 4.78 is 0. The molecule has 0 radical (unpaired) electrons. The van der Waals surface area contributed by atoms with Crippen LogP contribution in [0.1, 0.15) is 36.1 Å². The fraction of sp³-hybridized carbons (Fsp3) is 0.381. The molecule has 0 amide bonds. The van der Waals surface area contributed by atoms with Gasteiger partial charge in [0, 0.05) is 41.6 Å². The molecule has 0 bridgehead atoms. The number of likely N-dealkylation sites (tertiary alicyclic amines) is 1. The van der Waals surface area contributed by atoms with Crippen molar-refractivity contribution in [2.24, 2.45) is 0 Å². The van der Waals surface area contributed by atoms with E-state index in [-0.39, 0.29) is 0 Å². The number of nitrogens with zero attached hydrogens (tertiary/aromatic N) is 4. The van der Waals surface area contributed by atoms with Crippen LogP contribution in [0.25, 0.3) is 11.5 Å². The molecule has 1 aliphatic heterocycles. The van der Waals surface area contributed by atoms with Crippen LogP contribution in [-0.4, -0.2) is 32.4 Å². The average molecular weight is 365 g/mol. The highest BCUT2D eigenvalue weighted by molar-refractivity contribution is 7.09. The maximum Gasteiger partial charge on any atom is 0.178 e. The van der Waals surface area contributed by atoms with Crippen LogP contribution in [0.15, 0.2) is 54.3 Å². The van der Waals surface area contributed by atoms with E-state index in [0.29, 0.717) is 11.9 Å². The van der Waals surface area contributed by atoms with Gasteiger partial charge in [-0.05, 0) is 55.8 Å². The Morgan fingerprint density at radius 1 is 1.04 bits per heavy atom. The van der Waals surface area contributed by atoms with Gasteiger partial charge in [-0.2, -0.15) is 0 Å². The van der Waals surface area contributed by atoms with Gasteiger partial charge in [-0.3, -0.25) is 9.88 Å². The van der Waals surface area contributed by atoms with Crippen LogP contribution >= 0.6 is 11.3 Å². The Bertz CT molecular complexity index is 787. The molecule has 1 saturated heterocycles. The molecular weight excluding hydrogens is 340 g/mol. The summed E-state index contributed by atoms with van der Waals surface area (Å²) in [5.41, 5.74) is 2.01. The predicted octanol–water partition coefficient (Wildman–Crippen LogP) is 4.59. The number of hydrogen-bond donors (Lipinski definition) is 0. The second-order valence-corrected chi connectivity index (χ2v) is 7.90. The Morgan fingerprint density at radius 3 is 2.73 bits per heavy atom. The van der Waals surface area contributed by atoms with Crippen molar-refractivity contribution in [3.8, 4) is 11.5 Å². The first-order chi connectivity index (χ1) is 12.9. The summed E-state index contributed by atoms with van der Waals surface area (Å²) in [4.78, 5) is 17.5. The zero-order valence-electron chi connectivity index (χ0n) is 14.9. The van der Waals surface area contributed by atoms with E-state index in [1.807, 2.05) is 41.9 Å². The third-order valence-corrected chi connectivity index (χ3v) is 5.97. The highest BCUT2D eigenvalue weighted by Gasteiger charge is 2.22. The van der Waals surface area contributed by atoms with Gasteiger partial charge in [-0.25, -0.2) is 9.97 Å². The van der Waals surface area contributed by atoms with E-state index in [1.54, 1.807) is 6.20 Å². The Balaban J connectivity index is 1.39. The minimum Gasteiger partial charge on any atom is -0.296 e. The monoisotopic (exact) mass is 364 g/mol. The van der Waals surface area contributed by atoms with Gasteiger partial charge >= 0.3 is 0 Å². The van der Waals surface area contributed by atoms with Crippen molar-refractivity contribution in [1.82, 2.24) is 19.9 Å². The summed E-state index contributed by atoms with van der Waals surface area (Å²) in [6.07, 6.45) is 12.1. The van der Waals surface area contributed by atoms with Gasteiger partial charge in [0.2, 0.25) is 0 Å². The Labute approximate surface area is 159 Å². The van der Waals surface area contributed by atoms with Crippen LogP contribution in [-0.2, 0) is 13.0 Å². The fourth-order valence-electron chi connectivity index (χ4n) is 3.66. The van der Waals surface area contributed by atoms with Crippen molar-refractivity contribution in [2.45, 2.75) is 44.7 Å². The largest absolute Gasteiger partial charge is 0.296 e. The molecule has 5 heteroatoms. The maximum absolute atomic E-state index is 4.53. The average Bonchev–Trinajstić information content (AvgIpc) is 3.22. The smallest absolute Gasteiger partial charge is 0.178 e. The molecule has 0 aliphatic carbocycles. The van der Waals surface area contributed by atoms with Crippen LogP contribution in [0.4, 0.5) is 0 Å². The molecule has 3 aromatic heterocycles. The first-order valence-corrected chi connectivity index (χ1v) is 10.3. The van der Waals surface area contributed by atoms with Gasteiger partial charge < -0.3 is 0 Å². The SMILES string of the molecule is c1ccc(-c2ncc(CN3CCCCC3CCc3cccs3)cn2)nc1. The van der Waals surface area contributed by atoms with E-state index in [0.717, 1.165) is 12.2 Å².